The predicted octanol–water partition coefficient (Wildman–Crippen LogP) is 6.50. The highest BCUT2D eigenvalue weighted by Crippen LogP contribution is 2.38. The summed E-state index contributed by atoms with van der Waals surface area (Å²) in [6.07, 6.45) is -0.998. The predicted molar refractivity (Wildman–Crippen MR) is 123 cm³/mol. The lowest BCUT2D eigenvalue weighted by Crippen LogP contribution is -2.32. The van der Waals surface area contributed by atoms with Crippen molar-refractivity contribution in [2.45, 2.75) is 33.8 Å². The number of aryl methyl sites for hydroxylation is 1. The van der Waals surface area contributed by atoms with Crippen molar-refractivity contribution in [2.75, 3.05) is 11.9 Å². The summed E-state index contributed by atoms with van der Waals surface area (Å²) in [6, 6.07) is 14.3. The second-order valence-corrected chi connectivity index (χ2v) is 8.21. The number of carbonyl (C=O) groups is 1. The molecule has 0 bridgehead atoms. The largest absolute Gasteiger partial charge is 0.478 e. The van der Waals surface area contributed by atoms with Crippen molar-refractivity contribution < 1.29 is 23.4 Å². The van der Waals surface area contributed by atoms with E-state index in [4.69, 9.17) is 4.74 Å². The first kappa shape index (κ1) is 23.3. The van der Waals surface area contributed by atoms with Gasteiger partial charge in [-0.05, 0) is 60.9 Å². The van der Waals surface area contributed by atoms with E-state index in [0.717, 1.165) is 5.56 Å². The van der Waals surface area contributed by atoms with Crippen molar-refractivity contribution in [1.29, 1.82) is 0 Å². The zero-order valence-electron chi connectivity index (χ0n) is 18.8. The van der Waals surface area contributed by atoms with Crippen molar-refractivity contribution in [3.05, 3.63) is 77.4 Å². The molecule has 168 valence electrons. The Morgan fingerprint density at radius 3 is 2.31 bits per heavy atom. The summed E-state index contributed by atoms with van der Waals surface area (Å²) < 4.78 is 34.4. The van der Waals surface area contributed by atoms with Crippen LogP contribution in [-0.2, 0) is 4.79 Å². The Balaban J connectivity index is 2.05. The molecule has 3 aromatic carbocycles. The minimum Gasteiger partial charge on any atom is -0.478 e. The van der Waals surface area contributed by atoms with Gasteiger partial charge in [0.2, 0.25) is 0 Å². The van der Waals surface area contributed by atoms with Crippen LogP contribution in [0.25, 0.3) is 11.1 Å². The lowest BCUT2D eigenvalue weighted by Gasteiger charge is -2.27. The molecule has 32 heavy (non-hydrogen) atoms. The smallest absolute Gasteiger partial charge is 0.345 e. The first-order chi connectivity index (χ1) is 15.1. The molecule has 6 heteroatoms. The fourth-order valence-corrected chi connectivity index (χ4v) is 3.81. The van der Waals surface area contributed by atoms with Crippen LogP contribution in [0.5, 0.6) is 5.75 Å². The number of anilines is 2. The standard InChI is InChI=1S/C26H27F2NO3/c1-15(2)25(26(30)31)32-23-12-9-16(3)24(17(23)4)29(5)22-14-19(10-11-21(22)28)18-7-6-8-20(27)13-18/h6-15,25H,1-5H3,(H,30,31). The molecular formula is C26H27F2NO3. The fourth-order valence-electron chi connectivity index (χ4n) is 3.81. The third-order valence-electron chi connectivity index (χ3n) is 5.49. The van der Waals surface area contributed by atoms with Gasteiger partial charge in [0.05, 0.1) is 11.4 Å². The zero-order chi connectivity index (χ0) is 23.6. The number of hydrogen-bond donors (Lipinski definition) is 1. The van der Waals surface area contributed by atoms with Crippen molar-refractivity contribution in [3.8, 4) is 16.9 Å². The summed E-state index contributed by atoms with van der Waals surface area (Å²) in [4.78, 5) is 13.3. The number of aliphatic carboxylic acids is 1. The monoisotopic (exact) mass is 439 g/mol. The van der Waals surface area contributed by atoms with Crippen LogP contribution in [0, 0.1) is 31.4 Å². The van der Waals surface area contributed by atoms with Crippen LogP contribution < -0.4 is 9.64 Å². The Morgan fingerprint density at radius 2 is 1.69 bits per heavy atom. The van der Waals surface area contributed by atoms with Gasteiger partial charge in [0, 0.05) is 18.5 Å². The number of ether oxygens (including phenoxy) is 1. The highest BCUT2D eigenvalue weighted by Gasteiger charge is 2.25. The van der Waals surface area contributed by atoms with Crippen molar-refractivity contribution in [2.24, 2.45) is 5.92 Å². The van der Waals surface area contributed by atoms with E-state index < -0.39 is 17.9 Å². The van der Waals surface area contributed by atoms with Crippen molar-refractivity contribution in [3.63, 3.8) is 0 Å². The van der Waals surface area contributed by atoms with Crippen molar-refractivity contribution in [1.82, 2.24) is 0 Å². The minimum absolute atomic E-state index is 0.227. The first-order valence-corrected chi connectivity index (χ1v) is 10.4. The molecule has 0 aromatic heterocycles. The second-order valence-electron chi connectivity index (χ2n) is 8.21. The number of carboxylic acids is 1. The first-order valence-electron chi connectivity index (χ1n) is 10.4. The van der Waals surface area contributed by atoms with E-state index in [1.54, 1.807) is 56.1 Å². The molecule has 4 nitrogen and oxygen atoms in total. The summed E-state index contributed by atoms with van der Waals surface area (Å²) in [7, 11) is 1.74. The van der Waals surface area contributed by atoms with Gasteiger partial charge in [0.15, 0.2) is 6.10 Å². The second kappa shape index (κ2) is 9.39. The molecule has 3 rings (SSSR count). The summed E-state index contributed by atoms with van der Waals surface area (Å²) in [5.41, 5.74) is 3.94. The van der Waals surface area contributed by atoms with Crippen LogP contribution in [0.2, 0.25) is 0 Å². The molecule has 0 saturated heterocycles. The Bertz CT molecular complexity index is 1140. The number of carboxylic acid groups (broad SMARTS) is 1. The van der Waals surface area contributed by atoms with Gasteiger partial charge in [0.25, 0.3) is 0 Å². The van der Waals surface area contributed by atoms with Crippen LogP contribution in [0.15, 0.2) is 54.6 Å². The highest BCUT2D eigenvalue weighted by molar-refractivity contribution is 5.77. The lowest BCUT2D eigenvalue weighted by atomic mass is 10.0. The van der Waals surface area contributed by atoms with E-state index in [-0.39, 0.29) is 11.7 Å². The maximum atomic E-state index is 14.9. The molecule has 0 saturated carbocycles. The minimum atomic E-state index is -1.04. The van der Waals surface area contributed by atoms with Gasteiger partial charge in [0.1, 0.15) is 17.4 Å². The SMILES string of the molecule is Cc1ccc(OC(C(=O)O)C(C)C)c(C)c1N(C)c1cc(-c2cccc(F)c2)ccc1F. The summed E-state index contributed by atoms with van der Waals surface area (Å²) in [5.74, 6) is -1.63. The molecule has 1 unspecified atom stereocenters. The Labute approximate surface area is 187 Å². The molecule has 0 radical (unpaired) electrons. The third kappa shape index (κ3) is 4.74. The van der Waals surface area contributed by atoms with Gasteiger partial charge in [-0.15, -0.1) is 0 Å². The Morgan fingerprint density at radius 1 is 1.00 bits per heavy atom. The Hall–Kier alpha value is -3.41. The number of hydrogen-bond acceptors (Lipinski definition) is 3. The topological polar surface area (TPSA) is 49.8 Å². The van der Waals surface area contributed by atoms with E-state index in [1.807, 2.05) is 19.9 Å². The van der Waals surface area contributed by atoms with Crippen LogP contribution in [0.3, 0.4) is 0 Å². The van der Waals surface area contributed by atoms with Gasteiger partial charge in [-0.2, -0.15) is 0 Å². The lowest BCUT2D eigenvalue weighted by molar-refractivity contribution is -0.147. The number of nitrogens with zero attached hydrogens (tertiary/aromatic N) is 1. The quantitative estimate of drug-likeness (QED) is 0.456. The zero-order valence-corrected chi connectivity index (χ0v) is 18.8. The molecule has 0 spiro atoms. The number of rotatable bonds is 7. The number of benzene rings is 3. The number of halogens is 2. The average molecular weight is 440 g/mol. The Kier molecular flexibility index (Phi) is 6.82. The molecule has 1 atom stereocenters. The molecule has 0 amide bonds. The average Bonchev–Trinajstić information content (AvgIpc) is 2.73. The van der Waals surface area contributed by atoms with Crippen LogP contribution in [0.4, 0.5) is 20.2 Å². The van der Waals surface area contributed by atoms with E-state index in [9.17, 15) is 18.7 Å². The molecule has 1 N–H and O–H groups in total. The van der Waals surface area contributed by atoms with E-state index in [0.29, 0.717) is 33.8 Å². The molecular weight excluding hydrogens is 412 g/mol. The van der Waals surface area contributed by atoms with Crippen LogP contribution in [0.1, 0.15) is 25.0 Å². The van der Waals surface area contributed by atoms with E-state index in [2.05, 4.69) is 0 Å². The van der Waals surface area contributed by atoms with Gasteiger partial charge < -0.3 is 14.7 Å². The highest BCUT2D eigenvalue weighted by atomic mass is 19.1. The van der Waals surface area contributed by atoms with Crippen molar-refractivity contribution >= 4 is 17.3 Å². The maximum Gasteiger partial charge on any atom is 0.345 e. The van der Waals surface area contributed by atoms with Crippen LogP contribution >= 0.6 is 0 Å². The molecule has 0 aliphatic rings. The van der Waals surface area contributed by atoms with E-state index >= 15 is 0 Å². The molecule has 3 aromatic rings. The van der Waals surface area contributed by atoms with Crippen LogP contribution in [-0.4, -0.2) is 24.2 Å². The van der Waals surface area contributed by atoms with Gasteiger partial charge in [-0.3, -0.25) is 0 Å². The molecule has 0 aliphatic carbocycles. The summed E-state index contributed by atoms with van der Waals surface area (Å²) in [5, 5.41) is 9.49. The molecule has 0 fully saturated rings. The molecule has 0 heterocycles. The summed E-state index contributed by atoms with van der Waals surface area (Å²) in [6.45, 7) is 7.28. The normalized spacial score (nSPS) is 12.0. The van der Waals surface area contributed by atoms with Gasteiger partial charge >= 0.3 is 5.97 Å². The molecule has 0 aliphatic heterocycles. The van der Waals surface area contributed by atoms with E-state index in [1.165, 1.54) is 18.2 Å². The summed E-state index contributed by atoms with van der Waals surface area (Å²) >= 11 is 0. The maximum absolute atomic E-state index is 14.9. The third-order valence-corrected chi connectivity index (χ3v) is 5.49. The van der Waals surface area contributed by atoms with Gasteiger partial charge in [-0.1, -0.05) is 38.1 Å². The van der Waals surface area contributed by atoms with Gasteiger partial charge in [-0.25, -0.2) is 13.6 Å². The fraction of sp³-hybridized carbons (Fsp3) is 0.269.